The van der Waals surface area contributed by atoms with Crippen LogP contribution >= 0.6 is 11.6 Å². The SMILES string of the molecule is C=C([C@H]1CCCC[C@]1(C)Oc1cc(F)c(S(=O)(=O)Nc2ccncn2)cc1Cl)N(C)/N=C\C. The van der Waals surface area contributed by atoms with E-state index in [-0.39, 0.29) is 22.5 Å². The van der Waals surface area contributed by atoms with Gasteiger partial charge in [-0.2, -0.15) is 5.10 Å². The maximum Gasteiger partial charge on any atom is 0.266 e. The van der Waals surface area contributed by atoms with Gasteiger partial charge in [-0.15, -0.1) is 0 Å². The number of hydrogen-bond donors (Lipinski definition) is 1. The van der Waals surface area contributed by atoms with Crippen LogP contribution in [0.25, 0.3) is 0 Å². The van der Waals surface area contributed by atoms with E-state index in [1.54, 1.807) is 11.2 Å². The van der Waals surface area contributed by atoms with E-state index >= 15 is 0 Å². The third-order valence-electron chi connectivity index (χ3n) is 5.70. The fourth-order valence-corrected chi connectivity index (χ4v) is 5.37. The van der Waals surface area contributed by atoms with Crippen LogP contribution in [0.2, 0.25) is 5.02 Å². The number of halogens is 2. The van der Waals surface area contributed by atoms with Crippen molar-refractivity contribution < 1.29 is 17.5 Å². The maximum absolute atomic E-state index is 15.0. The predicted molar refractivity (Wildman–Crippen MR) is 126 cm³/mol. The summed E-state index contributed by atoms with van der Waals surface area (Å²) in [7, 11) is -2.45. The molecule has 1 aromatic heterocycles. The molecule has 1 aliphatic carbocycles. The summed E-state index contributed by atoms with van der Waals surface area (Å²) < 4.78 is 48.8. The number of nitrogens with one attached hydrogen (secondary N) is 1. The van der Waals surface area contributed by atoms with Crippen molar-refractivity contribution in [1.82, 2.24) is 15.0 Å². The number of nitrogens with zero attached hydrogens (tertiary/aromatic N) is 4. The van der Waals surface area contributed by atoms with Crippen molar-refractivity contribution in [3.8, 4) is 5.75 Å². The Kier molecular flexibility index (Phi) is 7.58. The standard InChI is InChI=1S/C22H27ClFN5O3S/c1-5-27-29(4)15(2)16-8-6-7-10-22(16,3)32-19-13-18(24)20(12-17(19)23)33(30,31)28-21-9-11-25-14-26-21/h5,9,11-14,16H,2,6-8,10H2,1,3-4H3,(H,25,26,28)/b27-5-/t16-,22+/m1/s1. The van der Waals surface area contributed by atoms with E-state index in [1.165, 1.54) is 18.6 Å². The van der Waals surface area contributed by atoms with E-state index in [9.17, 15) is 12.8 Å². The minimum Gasteiger partial charge on any atom is -0.485 e. The first-order valence-electron chi connectivity index (χ1n) is 10.5. The van der Waals surface area contributed by atoms with Gasteiger partial charge < -0.3 is 4.74 Å². The lowest BCUT2D eigenvalue weighted by molar-refractivity contribution is -0.00131. The second kappa shape index (κ2) is 10.0. The number of hydrazone groups is 1. The van der Waals surface area contributed by atoms with Gasteiger partial charge in [-0.1, -0.05) is 24.6 Å². The summed E-state index contributed by atoms with van der Waals surface area (Å²) >= 11 is 6.37. The normalized spacial score (nSPS) is 21.1. The van der Waals surface area contributed by atoms with E-state index in [0.717, 1.165) is 37.1 Å². The van der Waals surface area contributed by atoms with Gasteiger partial charge in [-0.3, -0.25) is 9.73 Å². The van der Waals surface area contributed by atoms with Crippen LogP contribution in [-0.4, -0.2) is 42.3 Å². The highest BCUT2D eigenvalue weighted by molar-refractivity contribution is 7.92. The summed E-state index contributed by atoms with van der Waals surface area (Å²) in [4.78, 5) is 6.91. The van der Waals surface area contributed by atoms with Gasteiger partial charge in [0.05, 0.1) is 5.02 Å². The van der Waals surface area contributed by atoms with Crippen LogP contribution in [0.1, 0.15) is 39.5 Å². The molecule has 0 unspecified atom stereocenters. The third-order valence-corrected chi connectivity index (χ3v) is 7.36. The molecular formula is C22H27ClFN5O3S. The van der Waals surface area contributed by atoms with Gasteiger partial charge in [0.25, 0.3) is 10.0 Å². The van der Waals surface area contributed by atoms with Crippen molar-refractivity contribution in [3.63, 3.8) is 0 Å². The van der Waals surface area contributed by atoms with E-state index in [4.69, 9.17) is 16.3 Å². The zero-order valence-corrected chi connectivity index (χ0v) is 20.3. The van der Waals surface area contributed by atoms with Crippen molar-refractivity contribution >= 4 is 33.7 Å². The largest absolute Gasteiger partial charge is 0.485 e. The Balaban J connectivity index is 1.89. The fourth-order valence-electron chi connectivity index (χ4n) is 4.01. The zero-order valence-electron chi connectivity index (χ0n) is 18.8. The lowest BCUT2D eigenvalue weighted by atomic mass is 9.74. The minimum atomic E-state index is -4.27. The van der Waals surface area contributed by atoms with Crippen LogP contribution in [-0.2, 0) is 10.0 Å². The highest BCUT2D eigenvalue weighted by Crippen LogP contribution is 2.43. The summed E-state index contributed by atoms with van der Waals surface area (Å²) in [5.41, 5.74) is 0.0582. The Morgan fingerprint density at radius 3 is 2.88 bits per heavy atom. The second-order valence-electron chi connectivity index (χ2n) is 8.01. The lowest BCUT2D eigenvalue weighted by Gasteiger charge is -2.43. The lowest BCUT2D eigenvalue weighted by Crippen LogP contribution is -2.46. The summed E-state index contributed by atoms with van der Waals surface area (Å²) in [6.45, 7) is 7.94. The topological polar surface area (TPSA) is 96.8 Å². The Morgan fingerprint density at radius 2 is 2.21 bits per heavy atom. The Hall–Kier alpha value is -2.72. The van der Waals surface area contributed by atoms with E-state index in [1.807, 2.05) is 20.9 Å². The zero-order chi connectivity index (χ0) is 24.2. The van der Waals surface area contributed by atoms with Gasteiger partial charge in [0.2, 0.25) is 0 Å². The monoisotopic (exact) mass is 495 g/mol. The first-order chi connectivity index (χ1) is 15.6. The van der Waals surface area contributed by atoms with Crippen LogP contribution in [0.5, 0.6) is 5.75 Å². The number of benzene rings is 1. The van der Waals surface area contributed by atoms with E-state index < -0.39 is 26.3 Å². The quantitative estimate of drug-likeness (QED) is 0.415. The van der Waals surface area contributed by atoms with Gasteiger partial charge in [-0.25, -0.2) is 22.8 Å². The van der Waals surface area contributed by atoms with Crippen molar-refractivity contribution in [2.24, 2.45) is 11.0 Å². The smallest absolute Gasteiger partial charge is 0.266 e. The van der Waals surface area contributed by atoms with Crippen molar-refractivity contribution in [1.29, 1.82) is 0 Å². The number of ether oxygens (including phenoxy) is 1. The van der Waals surface area contributed by atoms with Gasteiger partial charge in [0, 0.05) is 37.1 Å². The predicted octanol–water partition coefficient (Wildman–Crippen LogP) is 4.85. The Labute approximate surface area is 198 Å². The molecule has 1 saturated carbocycles. The fraction of sp³-hybridized carbons (Fsp3) is 0.409. The molecule has 33 heavy (non-hydrogen) atoms. The average Bonchev–Trinajstić information content (AvgIpc) is 2.76. The number of anilines is 1. The molecule has 11 heteroatoms. The van der Waals surface area contributed by atoms with Crippen LogP contribution in [0.15, 0.2) is 53.0 Å². The summed E-state index contributed by atoms with van der Waals surface area (Å²) in [6.07, 6.45) is 7.67. The number of sulfonamides is 1. The van der Waals surface area contributed by atoms with Crippen LogP contribution in [0.4, 0.5) is 10.2 Å². The molecule has 0 radical (unpaired) electrons. The van der Waals surface area contributed by atoms with Crippen LogP contribution in [0.3, 0.4) is 0 Å². The average molecular weight is 496 g/mol. The van der Waals surface area contributed by atoms with Crippen molar-refractivity contribution in [2.75, 3.05) is 11.8 Å². The molecule has 8 nitrogen and oxygen atoms in total. The molecule has 0 spiro atoms. The summed E-state index contributed by atoms with van der Waals surface area (Å²) in [5.74, 6) is -0.991. The maximum atomic E-state index is 15.0. The molecule has 2 aromatic rings. The molecule has 0 saturated heterocycles. The minimum absolute atomic E-state index is 0.00998. The third kappa shape index (κ3) is 5.62. The molecule has 3 rings (SSSR count). The molecule has 1 aromatic carbocycles. The molecule has 0 amide bonds. The number of rotatable bonds is 8. The molecule has 1 fully saturated rings. The highest BCUT2D eigenvalue weighted by Gasteiger charge is 2.42. The van der Waals surface area contributed by atoms with E-state index in [2.05, 4.69) is 26.4 Å². The first kappa shape index (κ1) is 24.9. The molecule has 0 aliphatic heterocycles. The highest BCUT2D eigenvalue weighted by atomic mass is 35.5. The molecule has 1 heterocycles. The number of hydrogen-bond acceptors (Lipinski definition) is 7. The first-order valence-corrected chi connectivity index (χ1v) is 12.3. The molecule has 2 atom stereocenters. The van der Waals surface area contributed by atoms with Crippen LogP contribution < -0.4 is 9.46 Å². The second-order valence-corrected chi connectivity index (χ2v) is 10.1. The van der Waals surface area contributed by atoms with E-state index in [0.29, 0.717) is 6.42 Å². The van der Waals surface area contributed by atoms with Gasteiger partial charge in [0.1, 0.15) is 34.2 Å². The van der Waals surface area contributed by atoms with Crippen molar-refractivity contribution in [2.45, 2.75) is 50.0 Å². The molecule has 1 aliphatic rings. The van der Waals surface area contributed by atoms with Gasteiger partial charge >= 0.3 is 0 Å². The van der Waals surface area contributed by atoms with Gasteiger partial charge in [0.15, 0.2) is 0 Å². The van der Waals surface area contributed by atoms with Crippen LogP contribution in [0, 0.1) is 11.7 Å². The molecule has 0 bridgehead atoms. The van der Waals surface area contributed by atoms with Crippen molar-refractivity contribution in [3.05, 3.63) is 53.8 Å². The Morgan fingerprint density at radius 1 is 1.45 bits per heavy atom. The summed E-state index contributed by atoms with van der Waals surface area (Å²) in [5, 5.41) is 5.95. The Bertz CT molecular complexity index is 1150. The molecular weight excluding hydrogens is 469 g/mol. The summed E-state index contributed by atoms with van der Waals surface area (Å²) in [6, 6.07) is 3.40. The molecule has 178 valence electrons. The number of aromatic nitrogens is 2. The van der Waals surface area contributed by atoms with Gasteiger partial charge in [-0.05, 0) is 45.2 Å². The molecule has 1 N–H and O–H groups in total.